The van der Waals surface area contributed by atoms with Crippen molar-refractivity contribution in [1.82, 2.24) is 0 Å². The van der Waals surface area contributed by atoms with Gasteiger partial charge in [-0.05, 0) is 276 Å². The number of nitriles is 1. The topological polar surface area (TPSA) is 167 Å². The van der Waals surface area contributed by atoms with Gasteiger partial charge in [0.15, 0.2) is 0 Å². The second-order valence-corrected chi connectivity index (χ2v) is 36.2. The molecule has 0 aromatic rings. The van der Waals surface area contributed by atoms with E-state index in [9.17, 15) is 35.3 Å². The number of rotatable bonds is 2. The van der Waals surface area contributed by atoms with Gasteiger partial charge in [-0.15, -0.1) is 17.9 Å². The van der Waals surface area contributed by atoms with E-state index in [4.69, 9.17) is 14.2 Å². The summed E-state index contributed by atoms with van der Waals surface area (Å²) < 4.78 is 16.9. The van der Waals surface area contributed by atoms with E-state index in [1.54, 1.807) is 7.11 Å². The summed E-state index contributed by atoms with van der Waals surface area (Å²) in [5.41, 5.74) is -1.27. The summed E-state index contributed by atoms with van der Waals surface area (Å²) in [6, 6.07) is 2.63. The molecule has 1 aliphatic heterocycles. The van der Waals surface area contributed by atoms with E-state index in [0.29, 0.717) is 93.9 Å². The van der Waals surface area contributed by atoms with Crippen molar-refractivity contribution in [2.45, 2.75) is 287 Å². The van der Waals surface area contributed by atoms with Crippen molar-refractivity contribution in [3.05, 3.63) is 0 Å². The lowest BCUT2D eigenvalue weighted by molar-refractivity contribution is -0.183. The molecule has 0 amide bonds. The first-order valence-electron chi connectivity index (χ1n) is 32.7. The molecule has 4 N–H and O–H groups in total. The molecular formula is C70H126NO9P3. The Hall–Kier alpha value is -0.160. The summed E-state index contributed by atoms with van der Waals surface area (Å²) in [4.78, 5) is 25.2. The highest BCUT2D eigenvalue weighted by Crippen LogP contribution is 2.71. The van der Waals surface area contributed by atoms with Gasteiger partial charge in [-0.3, -0.25) is 9.59 Å². The minimum absolute atomic E-state index is 0. The SMILES string of the molecule is C.C.C.C1CCOC1.CO[C@@H]1C[C@H]2[C@@H](CC[C@H]3C[C@](C)(O)CC[C@@]32C)[C@@H]2CCC(=O)[C@@]12C.CO[C@@H]1C[C@H]2[C@@H](CC[C@H]3C[C@](C)(O)CC[C@@]32C)[C@@H]2CC[C@H](C#N)[C@@]12C.C[C@@]1(O)CC[C@@]2(C)[C@@H](CC[C@@H]3[C@@H]2C[C@@H](O)[C@]2(C)C(=O)CC[C@@H]32)C1.PPP. The first kappa shape index (κ1) is 71.9. The maximum Gasteiger partial charge on any atom is 0.141 e. The van der Waals surface area contributed by atoms with Crippen LogP contribution in [0.25, 0.3) is 0 Å². The van der Waals surface area contributed by atoms with Gasteiger partial charge in [-0.2, -0.15) is 5.26 Å². The molecular weight excluding hydrogens is 1090 g/mol. The van der Waals surface area contributed by atoms with E-state index in [0.717, 1.165) is 130 Å². The third-order valence-corrected chi connectivity index (χ3v) is 28.1. The molecule has 1 heterocycles. The molecule has 13 fully saturated rings. The first-order valence-corrected chi connectivity index (χ1v) is 37.3. The van der Waals surface area contributed by atoms with Crippen molar-refractivity contribution in [1.29, 1.82) is 5.26 Å². The largest absolute Gasteiger partial charge is 0.392 e. The molecule has 480 valence electrons. The molecule has 2 unspecified atom stereocenters. The minimum Gasteiger partial charge on any atom is -0.392 e. The number of ether oxygens (including phenoxy) is 3. The lowest BCUT2D eigenvalue weighted by Crippen LogP contribution is -2.59. The maximum absolute atomic E-state index is 12.7. The van der Waals surface area contributed by atoms with E-state index in [1.807, 2.05) is 34.8 Å². The predicted octanol–water partition coefficient (Wildman–Crippen LogP) is 15.8. The molecule has 83 heavy (non-hydrogen) atoms. The van der Waals surface area contributed by atoms with Crippen molar-refractivity contribution in [2.24, 2.45) is 109 Å². The summed E-state index contributed by atoms with van der Waals surface area (Å²) in [6.45, 7) is 22.0. The van der Waals surface area contributed by atoms with Crippen LogP contribution >= 0.6 is 25.8 Å². The van der Waals surface area contributed by atoms with Crippen LogP contribution < -0.4 is 0 Å². The van der Waals surface area contributed by atoms with Gasteiger partial charge < -0.3 is 34.6 Å². The second-order valence-electron chi connectivity index (χ2n) is 31.8. The van der Waals surface area contributed by atoms with Crippen LogP contribution in [-0.2, 0) is 23.8 Å². The standard InChI is InChI=1S/C22H35NO2.C21H34O3.C20H32O3.C4H8O.3CH4.H5P3/c1-20(24)9-10-21(2)14(12-20)5-7-16-17-8-6-15(13-23)22(17,3)19(25-4)11-18(16)21;1-19(23)9-10-20(2)13(12-19)5-6-14-15-7-8-17(22)21(15,3)18(24-4)11-16(14)20;1-18(23)8-9-19(2)12(11-18)4-5-13-14-6-7-16(21)20(14,3)17(22)10-15(13)19;1-2-4-5-3-1;;;;1-3-2/h14-19,24H,5-12H2,1-4H3;13-16,18,23H,5-12H2,1-4H3;12-15,17,22-23H,4-11H2,1-3H3;1-4H2;3*1H4;3H,1-2H2/t14-,15+,16-,17-,18-,19+,20+,21-,22+;13-,14-,15-,16-,18+,19+,20-,21-;12-,13-,14-,15-,17+,18+,19-,20-;;;;;/m000...../s1. The Balaban J connectivity index is 0.000000184. The minimum atomic E-state index is -0.512. The number of aliphatic hydroxyl groups excluding tert-OH is 1. The molecule has 12 saturated carbocycles. The fourth-order valence-corrected chi connectivity index (χ4v) is 23.1. The zero-order valence-corrected chi connectivity index (χ0v) is 55.3. The first-order chi connectivity index (χ1) is 37.6. The number of methoxy groups -OCH3 is 2. The van der Waals surface area contributed by atoms with Crippen LogP contribution in [0.1, 0.15) is 252 Å². The average Bonchev–Trinajstić information content (AvgIpc) is 1.83. The number of fused-ring (bicyclic) bond motifs is 15. The van der Waals surface area contributed by atoms with Gasteiger partial charge in [0.25, 0.3) is 0 Å². The van der Waals surface area contributed by atoms with Crippen LogP contribution in [0.2, 0.25) is 0 Å². The molecule has 10 nitrogen and oxygen atoms in total. The predicted molar refractivity (Wildman–Crippen MR) is 348 cm³/mol. The highest BCUT2D eigenvalue weighted by molar-refractivity contribution is 8.33. The lowest BCUT2D eigenvalue weighted by atomic mass is 9.43. The third kappa shape index (κ3) is 12.7. The van der Waals surface area contributed by atoms with Crippen molar-refractivity contribution >= 4 is 37.4 Å². The number of Topliss-reactive ketones (excluding diaryl/α,β-unsaturated/α-hetero) is 2. The number of nitrogens with zero attached hydrogens (tertiary/aromatic N) is 1. The number of carbonyl (C=O) groups is 2. The van der Waals surface area contributed by atoms with Crippen molar-refractivity contribution in [2.75, 3.05) is 27.4 Å². The second kappa shape index (κ2) is 27.0. The van der Waals surface area contributed by atoms with E-state index in [1.165, 1.54) is 57.8 Å². The van der Waals surface area contributed by atoms with E-state index >= 15 is 0 Å². The normalized spacial score (nSPS) is 52.0. The van der Waals surface area contributed by atoms with Gasteiger partial charge in [0.1, 0.15) is 11.6 Å². The number of carbonyl (C=O) groups excluding carboxylic acids is 2. The smallest absolute Gasteiger partial charge is 0.141 e. The maximum atomic E-state index is 12.7. The monoisotopic (exact) mass is 1220 g/mol. The highest BCUT2D eigenvalue weighted by atomic mass is 32.4. The fraction of sp³-hybridized carbons (Fsp3) is 0.957. The zero-order valence-electron chi connectivity index (χ0n) is 52.0. The van der Waals surface area contributed by atoms with Crippen LogP contribution in [0.3, 0.4) is 0 Å². The Kier molecular flexibility index (Phi) is 23.4. The van der Waals surface area contributed by atoms with Gasteiger partial charge in [0.05, 0.1) is 57.9 Å². The number of hydrogen-bond acceptors (Lipinski definition) is 10. The van der Waals surface area contributed by atoms with Crippen LogP contribution in [-0.4, -0.2) is 94.5 Å². The summed E-state index contributed by atoms with van der Waals surface area (Å²) >= 11 is 0. The molecule has 27 atom stereocenters. The molecule has 0 bridgehead atoms. The van der Waals surface area contributed by atoms with E-state index in [-0.39, 0.29) is 56.7 Å². The highest BCUT2D eigenvalue weighted by Gasteiger charge is 2.68. The van der Waals surface area contributed by atoms with Crippen molar-refractivity contribution < 1.29 is 44.2 Å². The molecule has 1 saturated heterocycles. The van der Waals surface area contributed by atoms with Crippen molar-refractivity contribution in [3.63, 3.8) is 0 Å². The van der Waals surface area contributed by atoms with Crippen LogP contribution in [0.4, 0.5) is 0 Å². The van der Waals surface area contributed by atoms with Gasteiger partial charge in [-0.25, -0.2) is 0 Å². The van der Waals surface area contributed by atoms with Gasteiger partial charge in [0, 0.05) is 45.7 Å². The number of hydrogen-bond donors (Lipinski definition) is 4. The van der Waals surface area contributed by atoms with Gasteiger partial charge in [0.2, 0.25) is 0 Å². The van der Waals surface area contributed by atoms with Crippen LogP contribution in [0.5, 0.6) is 0 Å². The fourth-order valence-electron chi connectivity index (χ4n) is 23.1. The average molecular weight is 1220 g/mol. The molecule has 0 aromatic heterocycles. The Morgan fingerprint density at radius 2 is 0.892 bits per heavy atom. The molecule has 13 rings (SSSR count). The number of aliphatic hydroxyl groups is 4. The molecule has 13 heteroatoms. The van der Waals surface area contributed by atoms with Crippen molar-refractivity contribution in [3.8, 4) is 6.07 Å². The molecule has 0 radical (unpaired) electrons. The molecule has 0 spiro atoms. The van der Waals surface area contributed by atoms with E-state index < -0.39 is 28.3 Å². The van der Waals surface area contributed by atoms with Gasteiger partial charge in [-0.1, -0.05) is 57.9 Å². The van der Waals surface area contributed by atoms with E-state index in [2.05, 4.69) is 58.5 Å². The molecule has 0 aromatic carbocycles. The Bertz CT molecular complexity index is 2230. The quantitative estimate of drug-likeness (QED) is 0.196. The Labute approximate surface area is 513 Å². The summed E-state index contributed by atoms with van der Waals surface area (Å²) in [6.07, 6.45) is 27.3. The number of ketones is 2. The van der Waals surface area contributed by atoms with Crippen LogP contribution in [0, 0.1) is 121 Å². The van der Waals surface area contributed by atoms with Crippen LogP contribution in [0.15, 0.2) is 0 Å². The lowest BCUT2D eigenvalue weighted by Gasteiger charge is -2.63. The molecule has 13 aliphatic rings. The summed E-state index contributed by atoms with van der Waals surface area (Å²) in [5.74, 6) is 8.16. The third-order valence-electron chi connectivity index (χ3n) is 28.1. The Morgan fingerprint density at radius 1 is 0.518 bits per heavy atom. The molecule has 12 aliphatic carbocycles. The zero-order chi connectivity index (χ0) is 58.2. The summed E-state index contributed by atoms with van der Waals surface area (Å²) in [7, 11) is 9.71. The summed E-state index contributed by atoms with van der Waals surface area (Å²) in [5, 5.41) is 52.3. The Morgan fingerprint density at radius 3 is 1.28 bits per heavy atom. The van der Waals surface area contributed by atoms with Gasteiger partial charge >= 0.3 is 0 Å².